The van der Waals surface area contributed by atoms with Crippen LogP contribution in [0, 0.1) is 11.8 Å². The monoisotopic (exact) mass is 441 g/mol. The molecule has 2 aromatic rings. The third kappa shape index (κ3) is 4.88. The summed E-state index contributed by atoms with van der Waals surface area (Å²) in [7, 11) is 3.79. The van der Waals surface area contributed by atoms with Gasteiger partial charge in [-0.1, -0.05) is 26.0 Å². The van der Waals surface area contributed by atoms with Crippen LogP contribution in [0.4, 0.5) is 0 Å². The van der Waals surface area contributed by atoms with Gasteiger partial charge in [0.05, 0.1) is 12.8 Å². The molecule has 5 rings (SSSR count). The lowest BCUT2D eigenvalue weighted by Crippen LogP contribution is -2.56. The minimum atomic E-state index is 0.525. The van der Waals surface area contributed by atoms with E-state index < -0.39 is 0 Å². The fourth-order valence-corrected chi connectivity index (χ4v) is 5.24. The van der Waals surface area contributed by atoms with Crippen LogP contribution in [0.15, 0.2) is 30.3 Å². The van der Waals surface area contributed by atoms with E-state index in [9.17, 15) is 0 Å². The van der Waals surface area contributed by atoms with E-state index in [-0.39, 0.29) is 0 Å². The van der Waals surface area contributed by atoms with Gasteiger partial charge in [0, 0.05) is 49.9 Å². The first-order valence-electron chi connectivity index (χ1n) is 11.4. The van der Waals surface area contributed by atoms with Gasteiger partial charge in [-0.2, -0.15) is 5.10 Å². The first-order chi connectivity index (χ1) is 15.0. The quantitative estimate of drug-likeness (QED) is 0.643. The molecule has 4 atom stereocenters. The van der Waals surface area contributed by atoms with Crippen LogP contribution in [0.1, 0.15) is 38.3 Å². The lowest BCUT2D eigenvalue weighted by Gasteiger charge is -2.50. The summed E-state index contributed by atoms with van der Waals surface area (Å²) >= 11 is 5.45. The van der Waals surface area contributed by atoms with Gasteiger partial charge in [-0.15, -0.1) is 0 Å². The molecule has 0 spiro atoms. The van der Waals surface area contributed by atoms with Crippen LogP contribution in [-0.4, -0.2) is 59.1 Å². The summed E-state index contributed by atoms with van der Waals surface area (Å²) in [6.07, 6.45) is 2.46. The summed E-state index contributed by atoms with van der Waals surface area (Å²) in [5.74, 6) is 2.68. The molecule has 2 N–H and O–H groups in total. The maximum absolute atomic E-state index is 5.55. The molecule has 6 nitrogen and oxygen atoms in total. The topological polar surface area (TPSA) is 54.4 Å². The highest BCUT2D eigenvalue weighted by atomic mass is 32.1. The summed E-state index contributed by atoms with van der Waals surface area (Å²) in [6, 6.07) is 10.9. The number of rotatable bonds is 7. The van der Waals surface area contributed by atoms with Crippen LogP contribution in [0.3, 0.4) is 0 Å². The van der Waals surface area contributed by atoms with Crippen LogP contribution in [-0.2, 0) is 7.05 Å². The molecule has 0 radical (unpaired) electrons. The van der Waals surface area contributed by atoms with E-state index in [1.165, 1.54) is 25.1 Å². The van der Waals surface area contributed by atoms with E-state index >= 15 is 0 Å². The minimum Gasteiger partial charge on any atom is -0.496 e. The van der Waals surface area contributed by atoms with Crippen molar-refractivity contribution in [2.24, 2.45) is 18.9 Å². The number of aromatic nitrogens is 2. The molecular formula is C24H35N5OS. The molecule has 168 valence electrons. The second kappa shape index (κ2) is 9.57. The Morgan fingerprint density at radius 3 is 2.81 bits per heavy atom. The number of nitrogens with one attached hydrogen (secondary N) is 2. The molecule has 3 aliphatic rings. The van der Waals surface area contributed by atoms with Gasteiger partial charge < -0.3 is 15.4 Å². The van der Waals surface area contributed by atoms with Crippen LogP contribution in [0.5, 0.6) is 5.75 Å². The number of thiocarbonyl (C=S) groups is 1. The van der Waals surface area contributed by atoms with Gasteiger partial charge in [0.1, 0.15) is 5.75 Å². The van der Waals surface area contributed by atoms with E-state index in [1.807, 2.05) is 18.2 Å². The molecule has 3 fully saturated rings. The van der Waals surface area contributed by atoms with Crippen molar-refractivity contribution >= 4 is 17.3 Å². The molecule has 0 aliphatic carbocycles. The number of ether oxygens (including phenoxy) is 1. The Hall–Kier alpha value is -2.12. The molecule has 0 amide bonds. The summed E-state index contributed by atoms with van der Waals surface area (Å²) in [6.45, 7) is 8.49. The van der Waals surface area contributed by atoms with Crippen molar-refractivity contribution in [1.82, 2.24) is 25.3 Å². The van der Waals surface area contributed by atoms with Crippen LogP contribution >= 0.6 is 12.2 Å². The second-order valence-electron chi connectivity index (χ2n) is 9.30. The van der Waals surface area contributed by atoms with Crippen molar-refractivity contribution in [2.75, 3.05) is 33.3 Å². The third-order valence-corrected chi connectivity index (χ3v) is 7.02. The minimum absolute atomic E-state index is 0.525. The Morgan fingerprint density at radius 1 is 1.29 bits per heavy atom. The second-order valence-corrected chi connectivity index (χ2v) is 9.71. The smallest absolute Gasteiger partial charge is 0.166 e. The van der Waals surface area contributed by atoms with Crippen LogP contribution < -0.4 is 15.4 Å². The van der Waals surface area contributed by atoms with Crippen molar-refractivity contribution < 1.29 is 4.74 Å². The van der Waals surface area contributed by atoms with E-state index in [0.29, 0.717) is 23.8 Å². The molecule has 1 aromatic carbocycles. The van der Waals surface area contributed by atoms with Gasteiger partial charge >= 0.3 is 0 Å². The van der Waals surface area contributed by atoms with Gasteiger partial charge in [0.15, 0.2) is 5.11 Å². The summed E-state index contributed by atoms with van der Waals surface area (Å²) in [5, 5.41) is 12.4. The zero-order valence-electron chi connectivity index (χ0n) is 19.1. The van der Waals surface area contributed by atoms with Crippen LogP contribution in [0.25, 0.3) is 11.3 Å². The first kappa shape index (κ1) is 22.1. The summed E-state index contributed by atoms with van der Waals surface area (Å²) in [5.41, 5.74) is 3.37. The number of methoxy groups -OCH3 is 1. The Kier molecular flexibility index (Phi) is 6.82. The Morgan fingerprint density at radius 2 is 2.10 bits per heavy atom. The highest BCUT2D eigenvalue weighted by Gasteiger charge is 2.41. The normalized spacial score (nSPS) is 24.9. The van der Waals surface area contributed by atoms with Crippen molar-refractivity contribution in [3.05, 3.63) is 36.0 Å². The van der Waals surface area contributed by atoms with Crippen molar-refractivity contribution in [2.45, 2.75) is 38.6 Å². The SMILES string of the molecule is COc1ccccc1-c1cc([C@H]2CN3CC[C@H]2C[C@@H]3CNC(=S)NCC(C)C)n(C)n1. The predicted octanol–water partition coefficient (Wildman–Crippen LogP) is 3.39. The highest BCUT2D eigenvalue weighted by Crippen LogP contribution is 2.42. The highest BCUT2D eigenvalue weighted by molar-refractivity contribution is 7.80. The van der Waals surface area contributed by atoms with Crippen molar-refractivity contribution in [3.8, 4) is 17.0 Å². The third-order valence-electron chi connectivity index (χ3n) is 6.73. The molecule has 1 aromatic heterocycles. The van der Waals surface area contributed by atoms with E-state index in [4.69, 9.17) is 22.1 Å². The van der Waals surface area contributed by atoms with Gasteiger partial charge in [-0.05, 0) is 61.6 Å². The zero-order chi connectivity index (χ0) is 22.0. The maximum atomic E-state index is 5.55. The number of piperidine rings is 3. The number of aryl methyl sites for hydroxylation is 1. The number of hydrogen-bond donors (Lipinski definition) is 2. The molecule has 31 heavy (non-hydrogen) atoms. The standard InChI is InChI=1S/C24H35N5OS/c1-16(2)13-25-24(31)26-14-18-11-17-9-10-29(18)15-20(17)22-12-21(27-28(22)3)19-7-5-6-8-23(19)30-4/h5-8,12,16-18,20H,9-11,13-15H2,1-4H3,(H2,25,26,31)/t17-,18+,20-/m0/s1. The molecular weight excluding hydrogens is 406 g/mol. The van der Waals surface area contributed by atoms with Gasteiger partial charge in [0.2, 0.25) is 0 Å². The van der Waals surface area contributed by atoms with Crippen molar-refractivity contribution in [3.63, 3.8) is 0 Å². The fraction of sp³-hybridized carbons (Fsp3) is 0.583. The molecule has 3 saturated heterocycles. The Bertz CT molecular complexity index is 911. The number of para-hydroxylation sites is 1. The van der Waals surface area contributed by atoms with E-state index in [0.717, 1.165) is 41.8 Å². The lowest BCUT2D eigenvalue weighted by atomic mass is 9.74. The number of fused-ring (bicyclic) bond motifs is 3. The summed E-state index contributed by atoms with van der Waals surface area (Å²) in [4.78, 5) is 2.64. The van der Waals surface area contributed by atoms with Crippen molar-refractivity contribution in [1.29, 1.82) is 0 Å². The lowest BCUT2D eigenvalue weighted by molar-refractivity contribution is 0.0303. The number of nitrogens with zero attached hydrogens (tertiary/aromatic N) is 3. The van der Waals surface area contributed by atoms with Gasteiger partial charge in [-0.25, -0.2) is 0 Å². The first-order valence-corrected chi connectivity index (χ1v) is 11.8. The number of hydrogen-bond acceptors (Lipinski definition) is 4. The van der Waals surface area contributed by atoms with Crippen LogP contribution in [0.2, 0.25) is 0 Å². The molecule has 2 bridgehead atoms. The molecule has 1 unspecified atom stereocenters. The van der Waals surface area contributed by atoms with E-state index in [1.54, 1.807) is 7.11 Å². The average Bonchev–Trinajstić information content (AvgIpc) is 3.17. The van der Waals surface area contributed by atoms with Gasteiger partial charge in [0.25, 0.3) is 0 Å². The van der Waals surface area contributed by atoms with E-state index in [2.05, 4.69) is 53.2 Å². The largest absolute Gasteiger partial charge is 0.496 e. The fourth-order valence-electron chi connectivity index (χ4n) is 5.07. The maximum Gasteiger partial charge on any atom is 0.166 e. The predicted molar refractivity (Wildman–Crippen MR) is 129 cm³/mol. The molecule has 0 saturated carbocycles. The molecule has 3 aliphatic heterocycles. The zero-order valence-corrected chi connectivity index (χ0v) is 19.9. The van der Waals surface area contributed by atoms with Gasteiger partial charge in [-0.3, -0.25) is 9.58 Å². The summed E-state index contributed by atoms with van der Waals surface area (Å²) < 4.78 is 7.63. The Balaban J connectivity index is 1.42. The Labute approximate surface area is 191 Å². The average molecular weight is 442 g/mol. The molecule has 7 heteroatoms. The molecule has 4 heterocycles. The number of benzene rings is 1.